The lowest BCUT2D eigenvalue weighted by Crippen LogP contribution is -2.34. The molecule has 0 spiro atoms. The Balaban J connectivity index is 2.13. The molecular formula is C11H13ClN2O4S. The van der Waals surface area contributed by atoms with E-state index in [0.717, 1.165) is 6.42 Å². The summed E-state index contributed by atoms with van der Waals surface area (Å²) in [6.07, 6.45) is 1.36. The van der Waals surface area contributed by atoms with E-state index in [2.05, 4.69) is 5.32 Å². The molecule has 2 rings (SSSR count). The molecule has 1 N–H and O–H groups in total. The predicted molar refractivity (Wildman–Crippen MR) is 73.4 cm³/mol. The molecule has 1 atom stereocenters. The van der Waals surface area contributed by atoms with Gasteiger partial charge >= 0.3 is 0 Å². The number of benzene rings is 1. The number of nitro groups is 1. The Labute approximate surface area is 115 Å². The van der Waals surface area contributed by atoms with Crippen molar-refractivity contribution in [2.24, 2.45) is 0 Å². The Kier molecular flexibility index (Phi) is 3.96. The molecule has 8 heteroatoms. The van der Waals surface area contributed by atoms with Crippen LogP contribution in [-0.2, 0) is 9.84 Å². The average molecular weight is 305 g/mol. The van der Waals surface area contributed by atoms with E-state index >= 15 is 0 Å². The van der Waals surface area contributed by atoms with Crippen LogP contribution in [0.25, 0.3) is 0 Å². The van der Waals surface area contributed by atoms with Crippen molar-refractivity contribution in [1.82, 2.24) is 0 Å². The van der Waals surface area contributed by atoms with Gasteiger partial charge in [-0.05, 0) is 18.9 Å². The first-order valence-electron chi connectivity index (χ1n) is 5.78. The zero-order valence-electron chi connectivity index (χ0n) is 10.0. The van der Waals surface area contributed by atoms with E-state index in [4.69, 9.17) is 11.6 Å². The Morgan fingerprint density at radius 3 is 2.74 bits per heavy atom. The first-order valence-corrected chi connectivity index (χ1v) is 7.98. The maximum atomic E-state index is 11.5. The van der Waals surface area contributed by atoms with E-state index in [1.807, 2.05) is 0 Å². The molecule has 0 bridgehead atoms. The largest absolute Gasteiger partial charge is 0.380 e. The van der Waals surface area contributed by atoms with Crippen molar-refractivity contribution in [3.8, 4) is 0 Å². The number of nitrogens with one attached hydrogen (secondary N) is 1. The van der Waals surface area contributed by atoms with E-state index in [1.54, 1.807) is 0 Å². The highest BCUT2D eigenvalue weighted by Crippen LogP contribution is 2.28. The fraction of sp³-hybridized carbons (Fsp3) is 0.455. The predicted octanol–water partition coefficient (Wildman–Crippen LogP) is 2.24. The second-order valence-electron chi connectivity index (χ2n) is 4.52. The minimum absolute atomic E-state index is 0.0698. The molecule has 1 aliphatic heterocycles. The maximum absolute atomic E-state index is 11.5. The minimum Gasteiger partial charge on any atom is -0.380 e. The summed E-state index contributed by atoms with van der Waals surface area (Å²) < 4.78 is 23.0. The lowest BCUT2D eigenvalue weighted by Gasteiger charge is -2.24. The standard InChI is InChI=1S/C11H13ClN2O4S/c12-10-6-9(14(15)16)3-4-11(10)13-8-2-1-5-19(17,18)7-8/h3-4,6,8,13H,1-2,5,7H2. The third-order valence-electron chi connectivity index (χ3n) is 2.99. The SMILES string of the molecule is O=[N+]([O-])c1ccc(NC2CCCS(=O)(=O)C2)c(Cl)c1. The molecule has 0 aromatic heterocycles. The molecule has 19 heavy (non-hydrogen) atoms. The van der Waals surface area contributed by atoms with Gasteiger partial charge in [-0.1, -0.05) is 11.6 Å². The van der Waals surface area contributed by atoms with Crippen LogP contribution in [0.4, 0.5) is 11.4 Å². The lowest BCUT2D eigenvalue weighted by molar-refractivity contribution is -0.384. The van der Waals surface area contributed by atoms with Crippen LogP contribution < -0.4 is 5.32 Å². The molecule has 1 fully saturated rings. The van der Waals surface area contributed by atoms with Crippen molar-refractivity contribution < 1.29 is 13.3 Å². The fourth-order valence-corrected chi connectivity index (χ4v) is 3.96. The summed E-state index contributed by atoms with van der Waals surface area (Å²) in [6, 6.07) is 3.90. The van der Waals surface area contributed by atoms with Crippen molar-refractivity contribution >= 4 is 32.8 Å². The molecular weight excluding hydrogens is 292 g/mol. The second kappa shape index (κ2) is 5.34. The second-order valence-corrected chi connectivity index (χ2v) is 7.16. The zero-order chi connectivity index (χ0) is 14.0. The molecule has 1 heterocycles. The monoisotopic (exact) mass is 304 g/mol. The molecule has 1 aliphatic rings. The quantitative estimate of drug-likeness (QED) is 0.683. The summed E-state index contributed by atoms with van der Waals surface area (Å²) in [7, 11) is -3.00. The van der Waals surface area contributed by atoms with E-state index in [1.165, 1.54) is 18.2 Å². The summed E-state index contributed by atoms with van der Waals surface area (Å²) in [6.45, 7) is 0. The van der Waals surface area contributed by atoms with E-state index in [9.17, 15) is 18.5 Å². The number of anilines is 1. The number of nitro benzene ring substituents is 1. The molecule has 1 aromatic carbocycles. The molecule has 1 saturated heterocycles. The van der Waals surface area contributed by atoms with Gasteiger partial charge in [0.15, 0.2) is 9.84 Å². The molecule has 0 aliphatic carbocycles. The third kappa shape index (κ3) is 3.57. The fourth-order valence-electron chi connectivity index (χ4n) is 2.09. The third-order valence-corrected chi connectivity index (χ3v) is 5.12. The van der Waals surface area contributed by atoms with Crippen LogP contribution in [0.3, 0.4) is 0 Å². The van der Waals surface area contributed by atoms with Crippen LogP contribution in [0.15, 0.2) is 18.2 Å². The molecule has 104 valence electrons. The van der Waals surface area contributed by atoms with Gasteiger partial charge in [0.25, 0.3) is 5.69 Å². The Morgan fingerprint density at radius 1 is 1.42 bits per heavy atom. The molecule has 1 unspecified atom stereocenters. The van der Waals surface area contributed by atoms with E-state index in [-0.39, 0.29) is 28.3 Å². The number of non-ortho nitro benzene ring substituents is 1. The normalized spacial score (nSPS) is 21.8. The van der Waals surface area contributed by atoms with Gasteiger partial charge in [-0.2, -0.15) is 0 Å². The maximum Gasteiger partial charge on any atom is 0.271 e. The van der Waals surface area contributed by atoms with Gasteiger partial charge in [0.2, 0.25) is 0 Å². The highest BCUT2D eigenvalue weighted by molar-refractivity contribution is 7.91. The molecule has 0 amide bonds. The topological polar surface area (TPSA) is 89.3 Å². The number of nitrogens with zero attached hydrogens (tertiary/aromatic N) is 1. The van der Waals surface area contributed by atoms with E-state index < -0.39 is 14.8 Å². The van der Waals surface area contributed by atoms with Crippen LogP contribution in [-0.4, -0.2) is 30.9 Å². The Bertz CT molecular complexity index is 603. The molecule has 6 nitrogen and oxygen atoms in total. The van der Waals surface area contributed by atoms with Gasteiger partial charge in [0, 0.05) is 18.2 Å². The number of sulfone groups is 1. The lowest BCUT2D eigenvalue weighted by atomic mass is 10.1. The van der Waals surface area contributed by atoms with E-state index in [0.29, 0.717) is 12.1 Å². The molecule has 0 radical (unpaired) electrons. The van der Waals surface area contributed by atoms with Gasteiger partial charge in [-0.25, -0.2) is 8.42 Å². The van der Waals surface area contributed by atoms with Crippen LogP contribution in [0, 0.1) is 10.1 Å². The number of rotatable bonds is 3. The van der Waals surface area contributed by atoms with Gasteiger partial charge in [-0.3, -0.25) is 10.1 Å². The van der Waals surface area contributed by atoms with Crippen molar-refractivity contribution in [3.63, 3.8) is 0 Å². The summed E-state index contributed by atoms with van der Waals surface area (Å²) in [4.78, 5) is 10.1. The highest BCUT2D eigenvalue weighted by atomic mass is 35.5. The summed E-state index contributed by atoms with van der Waals surface area (Å²) in [5.74, 6) is 0.291. The van der Waals surface area contributed by atoms with Gasteiger partial charge in [-0.15, -0.1) is 0 Å². The van der Waals surface area contributed by atoms with Gasteiger partial charge in [0.05, 0.1) is 27.1 Å². The van der Waals surface area contributed by atoms with Crippen molar-refractivity contribution in [2.75, 3.05) is 16.8 Å². The van der Waals surface area contributed by atoms with Crippen molar-refractivity contribution in [2.45, 2.75) is 18.9 Å². The number of hydrogen-bond acceptors (Lipinski definition) is 5. The van der Waals surface area contributed by atoms with Gasteiger partial charge in [0.1, 0.15) is 0 Å². The average Bonchev–Trinajstić information content (AvgIpc) is 2.30. The first-order chi connectivity index (χ1) is 8.87. The van der Waals surface area contributed by atoms with Crippen molar-refractivity contribution in [1.29, 1.82) is 0 Å². The van der Waals surface area contributed by atoms with Gasteiger partial charge < -0.3 is 5.32 Å². The first kappa shape index (κ1) is 14.1. The minimum atomic E-state index is -3.00. The summed E-state index contributed by atoms with van der Waals surface area (Å²) >= 11 is 5.95. The smallest absolute Gasteiger partial charge is 0.271 e. The number of hydrogen-bond donors (Lipinski definition) is 1. The van der Waals surface area contributed by atoms with Crippen LogP contribution in [0.2, 0.25) is 5.02 Å². The van der Waals surface area contributed by atoms with Crippen LogP contribution in [0.5, 0.6) is 0 Å². The highest BCUT2D eigenvalue weighted by Gasteiger charge is 2.25. The van der Waals surface area contributed by atoms with Crippen molar-refractivity contribution in [3.05, 3.63) is 33.3 Å². The Hall–Kier alpha value is -1.34. The molecule has 1 aromatic rings. The molecule has 0 saturated carbocycles. The Morgan fingerprint density at radius 2 is 2.16 bits per heavy atom. The summed E-state index contributed by atoms with van der Waals surface area (Å²) in [5, 5.41) is 13.8. The summed E-state index contributed by atoms with van der Waals surface area (Å²) in [5.41, 5.74) is 0.432. The van der Waals surface area contributed by atoms with Crippen LogP contribution >= 0.6 is 11.6 Å². The van der Waals surface area contributed by atoms with Crippen LogP contribution in [0.1, 0.15) is 12.8 Å². The zero-order valence-corrected chi connectivity index (χ0v) is 11.6. The number of halogens is 1.